The number of piperidine rings is 1. The van der Waals surface area contributed by atoms with Crippen molar-refractivity contribution in [3.05, 3.63) is 0 Å². The van der Waals surface area contributed by atoms with Crippen molar-refractivity contribution in [1.82, 2.24) is 5.32 Å². The van der Waals surface area contributed by atoms with Crippen molar-refractivity contribution in [2.75, 3.05) is 13.1 Å². The lowest BCUT2D eigenvalue weighted by Gasteiger charge is -2.26. The second-order valence-corrected chi connectivity index (χ2v) is 4.79. The summed E-state index contributed by atoms with van der Waals surface area (Å²) in [5.74, 6) is 0.0782. The number of ether oxygens (including phenoxy) is 1. The molecule has 0 unspecified atom stereocenters. The van der Waals surface area contributed by atoms with E-state index < -0.39 is 0 Å². The van der Waals surface area contributed by atoms with Crippen molar-refractivity contribution in [1.29, 1.82) is 0 Å². The first kappa shape index (κ1) is 15.1. The molecule has 1 aliphatic rings. The van der Waals surface area contributed by atoms with E-state index in [4.69, 9.17) is 9.53 Å². The quantitative estimate of drug-likeness (QED) is 0.547. The molecule has 0 bridgehead atoms. The first-order chi connectivity index (χ1) is 7.40. The van der Waals surface area contributed by atoms with Crippen LogP contribution in [0, 0.1) is 5.92 Å². The molecule has 0 amide bonds. The van der Waals surface area contributed by atoms with Crippen molar-refractivity contribution >= 4 is 12.3 Å². The molecule has 4 heteroatoms. The zero-order valence-corrected chi connectivity index (χ0v) is 10.7. The zero-order chi connectivity index (χ0) is 12.6. The summed E-state index contributed by atoms with van der Waals surface area (Å²) in [7, 11) is 0. The van der Waals surface area contributed by atoms with E-state index in [0.29, 0.717) is 0 Å². The Labute approximate surface area is 97.7 Å². The predicted octanol–water partition coefficient (Wildman–Crippen LogP) is 1.53. The van der Waals surface area contributed by atoms with Crippen molar-refractivity contribution in [3.63, 3.8) is 0 Å². The molecular weight excluding hydrogens is 206 g/mol. The molecule has 1 fully saturated rings. The largest absolute Gasteiger partial charge is 0.460 e. The van der Waals surface area contributed by atoms with E-state index in [-0.39, 0.29) is 17.5 Å². The molecule has 1 rings (SSSR count). The average Bonchev–Trinajstić information content (AvgIpc) is 2.18. The van der Waals surface area contributed by atoms with E-state index in [1.54, 1.807) is 0 Å². The van der Waals surface area contributed by atoms with Crippen molar-refractivity contribution in [3.8, 4) is 0 Å². The Morgan fingerprint density at radius 2 is 1.75 bits per heavy atom. The highest BCUT2D eigenvalue weighted by Gasteiger charge is 2.26. The third kappa shape index (κ3) is 7.40. The fourth-order valence-electron chi connectivity index (χ4n) is 1.44. The third-order valence-electron chi connectivity index (χ3n) is 2.08. The minimum atomic E-state index is -0.345. The minimum absolute atomic E-state index is 0.0333. The molecule has 1 N–H and O–H groups in total. The molecule has 0 radical (unpaired) electrons. The molecule has 1 heterocycles. The van der Waals surface area contributed by atoms with Gasteiger partial charge >= 0.3 is 5.97 Å². The summed E-state index contributed by atoms with van der Waals surface area (Å²) in [6.07, 6.45) is 2.57. The standard InChI is InChI=1S/C10H19NO2.C2H4O/c1-10(2,3)13-9(12)8-4-6-11-7-5-8;1-2-3/h8,11H,4-7H2,1-3H3;2H,1H3. The Balaban J connectivity index is 0.000000673. The van der Waals surface area contributed by atoms with Gasteiger partial charge in [0.25, 0.3) is 0 Å². The van der Waals surface area contributed by atoms with Crippen LogP contribution in [0.4, 0.5) is 0 Å². The normalized spacial score (nSPS) is 17.0. The Bertz CT molecular complexity index is 215. The average molecular weight is 229 g/mol. The molecule has 0 aromatic rings. The number of carbonyl (C=O) groups excluding carboxylic acids is 2. The summed E-state index contributed by atoms with van der Waals surface area (Å²) in [6.45, 7) is 9.04. The minimum Gasteiger partial charge on any atom is -0.460 e. The van der Waals surface area contributed by atoms with E-state index in [2.05, 4.69) is 5.32 Å². The van der Waals surface area contributed by atoms with Gasteiger partial charge in [-0.3, -0.25) is 4.79 Å². The van der Waals surface area contributed by atoms with Gasteiger partial charge in [-0.05, 0) is 53.6 Å². The molecule has 1 aliphatic heterocycles. The highest BCUT2D eigenvalue weighted by atomic mass is 16.6. The second-order valence-electron chi connectivity index (χ2n) is 4.79. The van der Waals surface area contributed by atoms with Gasteiger partial charge in [0, 0.05) is 0 Å². The molecule has 0 aromatic carbocycles. The van der Waals surface area contributed by atoms with E-state index in [1.165, 1.54) is 6.92 Å². The second kappa shape index (κ2) is 7.39. The van der Waals surface area contributed by atoms with Crippen molar-refractivity contribution in [2.45, 2.75) is 46.1 Å². The summed E-state index contributed by atoms with van der Waals surface area (Å²) in [5.41, 5.74) is -0.345. The molecule has 94 valence electrons. The lowest BCUT2D eigenvalue weighted by atomic mass is 9.98. The van der Waals surface area contributed by atoms with Crippen LogP contribution in [0.3, 0.4) is 0 Å². The number of aldehydes is 1. The van der Waals surface area contributed by atoms with E-state index in [0.717, 1.165) is 32.2 Å². The van der Waals surface area contributed by atoms with Crippen LogP contribution >= 0.6 is 0 Å². The first-order valence-corrected chi connectivity index (χ1v) is 5.74. The van der Waals surface area contributed by atoms with Gasteiger partial charge in [-0.25, -0.2) is 0 Å². The van der Waals surface area contributed by atoms with E-state index in [1.807, 2.05) is 20.8 Å². The maximum Gasteiger partial charge on any atom is 0.309 e. The summed E-state index contributed by atoms with van der Waals surface area (Å²) in [4.78, 5) is 20.4. The van der Waals surface area contributed by atoms with Gasteiger partial charge in [-0.1, -0.05) is 0 Å². The fourth-order valence-corrected chi connectivity index (χ4v) is 1.44. The molecule has 0 atom stereocenters. The van der Waals surface area contributed by atoms with Gasteiger partial charge in [0.2, 0.25) is 0 Å². The summed E-state index contributed by atoms with van der Waals surface area (Å²) < 4.78 is 5.31. The fraction of sp³-hybridized carbons (Fsp3) is 0.833. The molecule has 0 saturated carbocycles. The van der Waals surface area contributed by atoms with Gasteiger partial charge in [-0.15, -0.1) is 0 Å². The summed E-state index contributed by atoms with van der Waals surface area (Å²) in [5, 5.41) is 3.22. The van der Waals surface area contributed by atoms with Crippen LogP contribution < -0.4 is 5.32 Å². The number of hydrogen-bond acceptors (Lipinski definition) is 4. The first-order valence-electron chi connectivity index (χ1n) is 5.74. The van der Waals surface area contributed by atoms with Crippen LogP contribution in [-0.4, -0.2) is 30.9 Å². The number of esters is 1. The van der Waals surface area contributed by atoms with E-state index >= 15 is 0 Å². The van der Waals surface area contributed by atoms with Gasteiger partial charge in [-0.2, -0.15) is 0 Å². The lowest BCUT2D eigenvalue weighted by Crippen LogP contribution is -2.35. The van der Waals surface area contributed by atoms with Gasteiger partial charge < -0.3 is 14.8 Å². The van der Waals surface area contributed by atoms with Crippen LogP contribution in [0.15, 0.2) is 0 Å². The van der Waals surface area contributed by atoms with Crippen LogP contribution in [0.2, 0.25) is 0 Å². The Morgan fingerprint density at radius 3 is 2.12 bits per heavy atom. The third-order valence-corrected chi connectivity index (χ3v) is 2.08. The molecule has 0 aliphatic carbocycles. The molecule has 1 saturated heterocycles. The van der Waals surface area contributed by atoms with Crippen LogP contribution in [-0.2, 0) is 14.3 Å². The van der Waals surface area contributed by atoms with Gasteiger partial charge in [0.15, 0.2) is 0 Å². The van der Waals surface area contributed by atoms with Gasteiger partial charge in [0.1, 0.15) is 11.9 Å². The Kier molecular flexibility index (Phi) is 6.97. The van der Waals surface area contributed by atoms with Crippen LogP contribution in [0.1, 0.15) is 40.5 Å². The van der Waals surface area contributed by atoms with Crippen LogP contribution in [0.25, 0.3) is 0 Å². The zero-order valence-electron chi connectivity index (χ0n) is 10.7. The number of nitrogens with one attached hydrogen (secondary N) is 1. The van der Waals surface area contributed by atoms with Gasteiger partial charge in [0.05, 0.1) is 5.92 Å². The summed E-state index contributed by atoms with van der Waals surface area (Å²) >= 11 is 0. The predicted molar refractivity (Wildman–Crippen MR) is 63.2 cm³/mol. The Morgan fingerprint density at radius 1 is 1.31 bits per heavy atom. The SMILES string of the molecule is CC(C)(C)OC(=O)C1CCNCC1.CC=O. The maximum absolute atomic E-state index is 11.6. The van der Waals surface area contributed by atoms with E-state index in [9.17, 15) is 4.79 Å². The highest BCUT2D eigenvalue weighted by Crippen LogP contribution is 2.17. The smallest absolute Gasteiger partial charge is 0.309 e. The Hall–Kier alpha value is -0.900. The van der Waals surface area contributed by atoms with Crippen molar-refractivity contribution in [2.24, 2.45) is 5.92 Å². The molecule has 0 aromatic heterocycles. The lowest BCUT2D eigenvalue weighted by molar-refractivity contribution is -0.160. The molecular formula is C12H23NO3. The summed E-state index contributed by atoms with van der Waals surface area (Å²) in [6, 6.07) is 0. The monoisotopic (exact) mass is 229 g/mol. The molecule has 16 heavy (non-hydrogen) atoms. The van der Waals surface area contributed by atoms with Crippen LogP contribution in [0.5, 0.6) is 0 Å². The van der Waals surface area contributed by atoms with Crippen molar-refractivity contribution < 1.29 is 14.3 Å². The molecule has 4 nitrogen and oxygen atoms in total. The maximum atomic E-state index is 11.6. The number of hydrogen-bond donors (Lipinski definition) is 1. The number of rotatable bonds is 1. The molecule has 0 spiro atoms. The topological polar surface area (TPSA) is 55.4 Å². The number of carbonyl (C=O) groups is 2. The highest BCUT2D eigenvalue weighted by molar-refractivity contribution is 5.73.